The minimum absolute atomic E-state index is 0.0124. The Morgan fingerprint density at radius 3 is 2.83 bits per heavy atom. The van der Waals surface area contributed by atoms with E-state index in [2.05, 4.69) is 5.43 Å². The quantitative estimate of drug-likeness (QED) is 0.624. The molecule has 1 unspecified atom stereocenters. The van der Waals surface area contributed by atoms with Crippen molar-refractivity contribution in [2.24, 2.45) is 0 Å². The van der Waals surface area contributed by atoms with E-state index in [1.54, 1.807) is 0 Å². The van der Waals surface area contributed by atoms with E-state index in [9.17, 15) is 4.79 Å². The predicted octanol–water partition coefficient (Wildman–Crippen LogP) is -0.116. The van der Waals surface area contributed by atoms with Crippen LogP contribution in [0.5, 0.6) is 0 Å². The van der Waals surface area contributed by atoms with Crippen molar-refractivity contribution in [1.82, 2.24) is 10.4 Å². The molecule has 1 amide bonds. The zero-order valence-corrected chi connectivity index (χ0v) is 7.63. The molecular weight excluding hydrogens is 156 g/mol. The van der Waals surface area contributed by atoms with Crippen LogP contribution in [0.25, 0.3) is 0 Å². The van der Waals surface area contributed by atoms with Gasteiger partial charge in [0.1, 0.15) is 0 Å². The summed E-state index contributed by atoms with van der Waals surface area (Å²) in [7, 11) is 0. The molecule has 0 aromatic carbocycles. The van der Waals surface area contributed by atoms with E-state index in [1.807, 2.05) is 13.8 Å². The zero-order valence-electron chi connectivity index (χ0n) is 7.63. The van der Waals surface area contributed by atoms with Gasteiger partial charge in [-0.3, -0.25) is 9.80 Å². The first-order chi connectivity index (χ1) is 5.61. The van der Waals surface area contributed by atoms with Crippen LogP contribution in [-0.4, -0.2) is 34.7 Å². The Bertz CT molecular complexity index is 184. The molecule has 0 spiro atoms. The molecule has 1 fully saturated rings. The average Bonchev–Trinajstić information content (AvgIpc) is 2.30. The maximum atomic E-state index is 11.3. The molecule has 0 aromatic rings. The summed E-state index contributed by atoms with van der Waals surface area (Å²) in [4.78, 5) is 11.3. The number of rotatable bonds is 3. The molecule has 0 aromatic heterocycles. The Balaban J connectivity index is 2.55. The van der Waals surface area contributed by atoms with Gasteiger partial charge in [-0.15, -0.1) is 0 Å². The molecule has 1 aliphatic rings. The van der Waals surface area contributed by atoms with E-state index in [1.165, 1.54) is 5.01 Å². The number of nitrogens with one attached hydrogen (secondary N) is 1. The van der Waals surface area contributed by atoms with Crippen LogP contribution in [0, 0.1) is 0 Å². The molecule has 2 N–H and O–H groups in total. The topological polar surface area (TPSA) is 52.6 Å². The monoisotopic (exact) mass is 172 g/mol. The lowest BCUT2D eigenvalue weighted by Crippen LogP contribution is -2.44. The maximum absolute atomic E-state index is 11.3. The van der Waals surface area contributed by atoms with Crippen molar-refractivity contribution in [3.63, 3.8) is 0 Å². The van der Waals surface area contributed by atoms with Gasteiger partial charge in [0.25, 0.3) is 0 Å². The van der Waals surface area contributed by atoms with Crippen LogP contribution in [0.3, 0.4) is 0 Å². The van der Waals surface area contributed by atoms with Crippen molar-refractivity contribution in [2.45, 2.75) is 32.2 Å². The van der Waals surface area contributed by atoms with Crippen LogP contribution in [-0.2, 0) is 4.79 Å². The standard InChI is InChI=1S/C8H16N2O2/c1-3-8(2)6-7(12)10(9-8)4-5-11/h9,11H,3-6H2,1-2H3. The van der Waals surface area contributed by atoms with Gasteiger partial charge >= 0.3 is 0 Å². The molecule has 0 saturated carbocycles. The van der Waals surface area contributed by atoms with Gasteiger partial charge in [0.2, 0.25) is 5.91 Å². The smallest absolute Gasteiger partial charge is 0.238 e. The van der Waals surface area contributed by atoms with E-state index < -0.39 is 0 Å². The van der Waals surface area contributed by atoms with Crippen molar-refractivity contribution in [3.8, 4) is 0 Å². The molecule has 1 aliphatic heterocycles. The van der Waals surface area contributed by atoms with E-state index >= 15 is 0 Å². The Hall–Kier alpha value is -0.610. The first-order valence-electron chi connectivity index (χ1n) is 4.30. The molecular formula is C8H16N2O2. The molecule has 1 atom stereocenters. The zero-order chi connectivity index (χ0) is 9.19. The number of carbonyl (C=O) groups excluding carboxylic acids is 1. The highest BCUT2D eigenvalue weighted by atomic mass is 16.3. The number of hydrogen-bond donors (Lipinski definition) is 2. The van der Waals surface area contributed by atoms with Crippen molar-refractivity contribution < 1.29 is 9.90 Å². The average molecular weight is 172 g/mol. The molecule has 0 aliphatic carbocycles. The summed E-state index contributed by atoms with van der Waals surface area (Å²) < 4.78 is 0. The highest BCUT2D eigenvalue weighted by Gasteiger charge is 2.36. The van der Waals surface area contributed by atoms with E-state index in [0.717, 1.165) is 6.42 Å². The molecule has 1 rings (SSSR count). The van der Waals surface area contributed by atoms with Crippen molar-refractivity contribution in [3.05, 3.63) is 0 Å². The van der Waals surface area contributed by atoms with Gasteiger partial charge in [0.05, 0.1) is 13.2 Å². The number of hydrazine groups is 1. The van der Waals surface area contributed by atoms with Crippen LogP contribution >= 0.6 is 0 Å². The van der Waals surface area contributed by atoms with Gasteiger partial charge in [-0.05, 0) is 13.3 Å². The van der Waals surface area contributed by atoms with Crippen LogP contribution in [0.15, 0.2) is 0 Å². The van der Waals surface area contributed by atoms with Crippen LogP contribution in [0.2, 0.25) is 0 Å². The van der Waals surface area contributed by atoms with Crippen LogP contribution in [0.4, 0.5) is 0 Å². The second-order valence-electron chi connectivity index (χ2n) is 3.47. The van der Waals surface area contributed by atoms with Crippen molar-refractivity contribution in [2.75, 3.05) is 13.2 Å². The molecule has 12 heavy (non-hydrogen) atoms. The van der Waals surface area contributed by atoms with Gasteiger partial charge in [-0.1, -0.05) is 6.92 Å². The Morgan fingerprint density at radius 2 is 2.42 bits per heavy atom. The summed E-state index contributed by atoms with van der Waals surface area (Å²) in [5.74, 6) is 0.0772. The molecule has 4 nitrogen and oxygen atoms in total. The maximum Gasteiger partial charge on any atom is 0.238 e. The third-order valence-corrected chi connectivity index (χ3v) is 2.35. The lowest BCUT2D eigenvalue weighted by molar-refractivity contribution is -0.130. The number of aliphatic hydroxyl groups is 1. The first-order valence-corrected chi connectivity index (χ1v) is 4.30. The van der Waals surface area contributed by atoms with Crippen molar-refractivity contribution in [1.29, 1.82) is 0 Å². The summed E-state index contributed by atoms with van der Waals surface area (Å²) in [6.45, 7) is 4.46. The summed E-state index contributed by atoms with van der Waals surface area (Å²) in [5.41, 5.74) is 2.99. The first kappa shape index (κ1) is 9.48. The number of nitrogens with zero attached hydrogens (tertiary/aromatic N) is 1. The number of aliphatic hydroxyl groups excluding tert-OH is 1. The van der Waals surface area contributed by atoms with Crippen LogP contribution < -0.4 is 5.43 Å². The second kappa shape index (κ2) is 3.41. The number of amides is 1. The molecule has 0 bridgehead atoms. The van der Waals surface area contributed by atoms with Gasteiger partial charge in [-0.25, -0.2) is 5.43 Å². The molecule has 1 saturated heterocycles. The normalized spacial score (nSPS) is 29.9. The van der Waals surface area contributed by atoms with E-state index in [4.69, 9.17) is 5.11 Å². The summed E-state index contributed by atoms with van der Waals surface area (Å²) >= 11 is 0. The van der Waals surface area contributed by atoms with Gasteiger partial charge < -0.3 is 5.11 Å². The minimum Gasteiger partial charge on any atom is -0.394 e. The number of β-amino-alcohol motifs (C(OH)–C–C–N with tert-alkyl or cyclic N) is 1. The lowest BCUT2D eigenvalue weighted by atomic mass is 9.97. The predicted molar refractivity (Wildman–Crippen MR) is 45.2 cm³/mol. The lowest BCUT2D eigenvalue weighted by Gasteiger charge is -2.23. The van der Waals surface area contributed by atoms with Gasteiger partial charge in [0.15, 0.2) is 0 Å². The van der Waals surface area contributed by atoms with Crippen LogP contribution in [0.1, 0.15) is 26.7 Å². The summed E-state index contributed by atoms with van der Waals surface area (Å²) in [6, 6.07) is 0. The minimum atomic E-state index is -0.105. The second-order valence-corrected chi connectivity index (χ2v) is 3.47. The molecule has 0 radical (unpaired) electrons. The van der Waals surface area contributed by atoms with Gasteiger partial charge in [-0.2, -0.15) is 0 Å². The third-order valence-electron chi connectivity index (χ3n) is 2.35. The Kier molecular flexibility index (Phi) is 2.69. The SMILES string of the molecule is CCC1(C)CC(=O)N(CCO)N1. The molecule has 1 heterocycles. The number of carbonyl (C=O) groups is 1. The summed E-state index contributed by atoms with van der Waals surface area (Å²) in [6.07, 6.45) is 1.45. The fraction of sp³-hybridized carbons (Fsp3) is 0.875. The highest BCUT2D eigenvalue weighted by molar-refractivity contribution is 5.79. The van der Waals surface area contributed by atoms with E-state index in [0.29, 0.717) is 13.0 Å². The van der Waals surface area contributed by atoms with E-state index in [-0.39, 0.29) is 18.1 Å². The Labute approximate surface area is 72.5 Å². The Morgan fingerprint density at radius 1 is 1.75 bits per heavy atom. The number of hydrogen-bond acceptors (Lipinski definition) is 3. The largest absolute Gasteiger partial charge is 0.394 e. The molecule has 70 valence electrons. The van der Waals surface area contributed by atoms with Gasteiger partial charge in [0, 0.05) is 12.0 Å². The highest BCUT2D eigenvalue weighted by Crippen LogP contribution is 2.21. The summed E-state index contributed by atoms with van der Waals surface area (Å²) in [5, 5.41) is 10.2. The third kappa shape index (κ3) is 1.76. The van der Waals surface area contributed by atoms with Crippen molar-refractivity contribution >= 4 is 5.91 Å². The molecule has 4 heteroatoms. The fourth-order valence-corrected chi connectivity index (χ4v) is 1.34. The fourth-order valence-electron chi connectivity index (χ4n) is 1.34.